The van der Waals surface area contributed by atoms with Crippen LogP contribution < -0.4 is 15.4 Å². The van der Waals surface area contributed by atoms with Crippen molar-refractivity contribution in [3.05, 3.63) is 30.1 Å². The van der Waals surface area contributed by atoms with Gasteiger partial charge in [0.2, 0.25) is 21.8 Å². The fraction of sp³-hybridized carbons (Fsp3) is 0.680. The van der Waals surface area contributed by atoms with Crippen LogP contribution in [0.1, 0.15) is 45.4 Å². The molecule has 0 bridgehead atoms. The number of likely N-dealkylation sites (N-methyl/N-ethyl adjacent to an activating group) is 1. The summed E-state index contributed by atoms with van der Waals surface area (Å²) in [5.41, 5.74) is 0. The highest BCUT2D eigenvalue weighted by Gasteiger charge is 2.55. The maximum atomic E-state index is 14.1. The van der Waals surface area contributed by atoms with Crippen molar-refractivity contribution in [2.45, 2.75) is 75.7 Å². The quantitative estimate of drug-likeness (QED) is 0.534. The number of fused-ring (bicyclic) bond motifs is 1. The molecule has 2 aliphatic heterocycles. The van der Waals surface area contributed by atoms with Crippen molar-refractivity contribution in [1.29, 1.82) is 0 Å². The molecule has 3 aliphatic rings. The third kappa shape index (κ3) is 5.68. The Morgan fingerprint density at radius 1 is 1.11 bits per heavy atom. The van der Waals surface area contributed by atoms with Gasteiger partial charge in [0.05, 0.1) is 30.9 Å². The number of carbonyl (C=O) groups is 2. The van der Waals surface area contributed by atoms with Gasteiger partial charge >= 0.3 is 0 Å². The number of ether oxygens (including phenoxy) is 1. The Bertz CT molecular complexity index is 1050. The van der Waals surface area contributed by atoms with Gasteiger partial charge in [-0.2, -0.15) is 4.31 Å². The van der Waals surface area contributed by atoms with Crippen LogP contribution in [0.2, 0.25) is 0 Å². The topological polar surface area (TPSA) is 108 Å². The Hall–Kier alpha value is -2.24. The highest BCUT2D eigenvalue weighted by atomic mass is 32.2. The lowest BCUT2D eigenvalue weighted by Crippen LogP contribution is -2.58. The molecule has 1 aromatic carbocycles. The van der Waals surface area contributed by atoms with Crippen molar-refractivity contribution in [3.8, 4) is 5.75 Å². The molecular weight excluding hydrogens is 487 g/mol. The van der Waals surface area contributed by atoms with Crippen LogP contribution >= 0.6 is 0 Å². The third-order valence-corrected chi connectivity index (χ3v) is 9.12. The summed E-state index contributed by atoms with van der Waals surface area (Å²) in [7, 11) is -1.84. The lowest BCUT2D eigenvalue weighted by molar-refractivity contribution is -0.140. The number of sulfonamides is 1. The second-order valence-corrected chi connectivity index (χ2v) is 12.2. The number of hydrogen-bond donors (Lipinski definition) is 2. The molecule has 2 heterocycles. The maximum absolute atomic E-state index is 14.1. The Labute approximate surface area is 212 Å². The molecule has 3 fully saturated rings. The monoisotopic (exact) mass is 524 g/mol. The average molecular weight is 525 g/mol. The number of likely N-dealkylation sites (tertiary alicyclic amines) is 1. The van der Waals surface area contributed by atoms with Crippen molar-refractivity contribution in [2.24, 2.45) is 5.92 Å². The molecule has 2 saturated heterocycles. The van der Waals surface area contributed by atoms with Crippen LogP contribution in [0, 0.1) is 11.7 Å². The zero-order chi connectivity index (χ0) is 26.0. The van der Waals surface area contributed by atoms with Crippen molar-refractivity contribution < 1.29 is 27.1 Å². The molecule has 1 aliphatic carbocycles. The molecule has 0 radical (unpaired) electrons. The van der Waals surface area contributed by atoms with Crippen LogP contribution in [0.3, 0.4) is 0 Å². The molecule has 200 valence electrons. The van der Waals surface area contributed by atoms with Gasteiger partial charge in [0, 0.05) is 6.54 Å². The Morgan fingerprint density at radius 2 is 1.78 bits per heavy atom. The van der Waals surface area contributed by atoms with Crippen LogP contribution in [-0.2, 0) is 19.6 Å². The largest absolute Gasteiger partial charge is 0.487 e. The number of nitrogens with one attached hydrogen (secondary N) is 2. The lowest BCUT2D eigenvalue weighted by atomic mass is 9.83. The van der Waals surface area contributed by atoms with E-state index in [-0.39, 0.29) is 24.3 Å². The standard InChI is InChI=1S/C25H37FN4O5S/c1-16(27-2)24(31)28-22(17-7-5-4-6-8-17)25(32)29-14-13-20-23(29)21(15-30(20)36(3,33)34)35-19-11-9-18(26)10-12-19/h9-12,16-17,20-23,27H,4-8,13-15H2,1-3H3,(H,28,31). The molecule has 0 aromatic heterocycles. The van der Waals surface area contributed by atoms with Gasteiger partial charge in [-0.25, -0.2) is 12.8 Å². The van der Waals surface area contributed by atoms with E-state index in [1.54, 1.807) is 18.9 Å². The minimum Gasteiger partial charge on any atom is -0.487 e. The van der Waals surface area contributed by atoms with Crippen LogP contribution in [-0.4, -0.2) is 86.1 Å². The van der Waals surface area contributed by atoms with Crippen molar-refractivity contribution in [1.82, 2.24) is 19.8 Å². The number of nitrogens with zero attached hydrogens (tertiary/aromatic N) is 2. The van der Waals surface area contributed by atoms with E-state index in [2.05, 4.69) is 10.6 Å². The SMILES string of the molecule is CNC(C)C(=O)NC(C(=O)N1CCC2C1C(Oc1ccc(F)cc1)CN2S(C)(=O)=O)C1CCCCC1. The number of hydrogen-bond acceptors (Lipinski definition) is 6. The summed E-state index contributed by atoms with van der Waals surface area (Å²) in [5.74, 6) is -0.379. The summed E-state index contributed by atoms with van der Waals surface area (Å²) in [4.78, 5) is 28.6. The fourth-order valence-corrected chi connectivity index (χ4v) is 6.99. The fourth-order valence-electron chi connectivity index (χ4n) is 5.85. The van der Waals surface area contributed by atoms with E-state index < -0.39 is 46.1 Å². The van der Waals surface area contributed by atoms with Gasteiger partial charge < -0.3 is 20.3 Å². The zero-order valence-corrected chi connectivity index (χ0v) is 22.0. The van der Waals surface area contributed by atoms with Gasteiger partial charge in [-0.1, -0.05) is 19.3 Å². The van der Waals surface area contributed by atoms with Crippen LogP contribution in [0.4, 0.5) is 4.39 Å². The van der Waals surface area contributed by atoms with Crippen molar-refractivity contribution in [3.63, 3.8) is 0 Å². The van der Waals surface area contributed by atoms with E-state index in [0.29, 0.717) is 18.7 Å². The van der Waals surface area contributed by atoms with E-state index in [0.717, 1.165) is 32.1 Å². The molecule has 1 saturated carbocycles. The van der Waals surface area contributed by atoms with E-state index in [9.17, 15) is 22.4 Å². The second-order valence-electron chi connectivity index (χ2n) is 10.2. The Morgan fingerprint density at radius 3 is 2.39 bits per heavy atom. The molecule has 0 spiro atoms. The van der Waals surface area contributed by atoms with Crippen molar-refractivity contribution >= 4 is 21.8 Å². The first-order chi connectivity index (χ1) is 17.1. The highest BCUT2D eigenvalue weighted by molar-refractivity contribution is 7.88. The van der Waals surface area contributed by atoms with Gasteiger partial charge in [0.25, 0.3) is 0 Å². The smallest absolute Gasteiger partial charge is 0.245 e. The van der Waals surface area contributed by atoms with E-state index in [1.165, 1.54) is 34.8 Å². The van der Waals surface area contributed by atoms with Crippen LogP contribution in [0.15, 0.2) is 24.3 Å². The molecule has 36 heavy (non-hydrogen) atoms. The predicted molar refractivity (Wildman–Crippen MR) is 133 cm³/mol. The number of amides is 2. The van der Waals surface area contributed by atoms with Gasteiger partial charge in [-0.15, -0.1) is 0 Å². The second kappa shape index (κ2) is 11.0. The first-order valence-corrected chi connectivity index (χ1v) is 14.6. The molecule has 9 nitrogen and oxygen atoms in total. The van der Waals surface area contributed by atoms with Gasteiger partial charge in [0.1, 0.15) is 23.7 Å². The average Bonchev–Trinajstić information content (AvgIpc) is 3.44. The van der Waals surface area contributed by atoms with Gasteiger partial charge in [0.15, 0.2) is 0 Å². The molecule has 1 aromatic rings. The first kappa shape index (κ1) is 26.8. The number of rotatable bonds is 8. The van der Waals surface area contributed by atoms with Crippen molar-refractivity contribution in [2.75, 3.05) is 26.4 Å². The number of halogens is 1. The summed E-state index contributed by atoms with van der Waals surface area (Å²) in [6.07, 6.45) is 5.90. The normalized spacial score (nSPS) is 26.9. The third-order valence-electron chi connectivity index (χ3n) is 7.85. The van der Waals surface area contributed by atoms with E-state index in [1.807, 2.05) is 0 Å². The van der Waals surface area contributed by atoms with Gasteiger partial charge in [-0.05, 0) is 63.4 Å². The molecule has 2 N–H and O–H groups in total. The van der Waals surface area contributed by atoms with E-state index >= 15 is 0 Å². The number of benzene rings is 1. The van der Waals surface area contributed by atoms with E-state index in [4.69, 9.17) is 4.74 Å². The minimum atomic E-state index is -3.53. The molecule has 4 rings (SSSR count). The van der Waals surface area contributed by atoms with Crippen LogP contribution in [0.25, 0.3) is 0 Å². The van der Waals surface area contributed by atoms with Gasteiger partial charge in [-0.3, -0.25) is 9.59 Å². The summed E-state index contributed by atoms with van der Waals surface area (Å²) in [5, 5.41) is 5.92. The summed E-state index contributed by atoms with van der Waals surface area (Å²) >= 11 is 0. The molecule has 5 atom stereocenters. The summed E-state index contributed by atoms with van der Waals surface area (Å²) < 4.78 is 46.1. The predicted octanol–water partition coefficient (Wildman–Crippen LogP) is 1.49. The Balaban J connectivity index is 1.61. The highest BCUT2D eigenvalue weighted by Crippen LogP contribution is 2.37. The number of carbonyl (C=O) groups excluding carboxylic acids is 2. The first-order valence-electron chi connectivity index (χ1n) is 12.8. The minimum absolute atomic E-state index is 0.0298. The lowest BCUT2D eigenvalue weighted by Gasteiger charge is -2.36. The summed E-state index contributed by atoms with van der Waals surface area (Å²) in [6.45, 7) is 2.23. The summed E-state index contributed by atoms with van der Waals surface area (Å²) in [6, 6.07) is 3.53. The molecule has 11 heteroatoms. The molecule has 2 amide bonds. The molecular formula is C25H37FN4O5S. The maximum Gasteiger partial charge on any atom is 0.245 e. The Kier molecular flexibility index (Phi) is 8.21. The zero-order valence-electron chi connectivity index (χ0n) is 21.2. The van der Waals surface area contributed by atoms with Crippen LogP contribution in [0.5, 0.6) is 5.75 Å². The molecule has 5 unspecified atom stereocenters.